The number of phosphoric acid groups is 2. The van der Waals surface area contributed by atoms with Crippen LogP contribution in [0.2, 0.25) is 0 Å². The number of hydrogen-bond donors (Lipinski definition) is 3. The molecule has 0 bridgehead atoms. The number of ether oxygens (including phenoxy) is 4. The Morgan fingerprint density at radius 3 is 0.724 bits per heavy atom. The third-order valence-electron chi connectivity index (χ3n) is 19.0. The molecular weight excluding hydrogens is 1280 g/mol. The minimum atomic E-state index is -4.96. The molecule has 0 aliphatic carbocycles. The summed E-state index contributed by atoms with van der Waals surface area (Å²) < 4.78 is 68.7. The van der Waals surface area contributed by atoms with Crippen LogP contribution in [0.25, 0.3) is 0 Å². The first kappa shape index (κ1) is 96.1. The lowest BCUT2D eigenvalue weighted by Gasteiger charge is -2.21. The van der Waals surface area contributed by atoms with E-state index in [9.17, 15) is 43.2 Å². The molecule has 0 fully saturated rings. The van der Waals surface area contributed by atoms with Crippen LogP contribution in [0.15, 0.2) is 0 Å². The lowest BCUT2D eigenvalue weighted by atomic mass is 9.99. The molecule has 0 aliphatic rings. The number of aliphatic hydroxyl groups is 1. The number of carbonyl (C=O) groups is 4. The number of aliphatic hydroxyl groups excluding tert-OH is 1. The van der Waals surface area contributed by atoms with Gasteiger partial charge < -0.3 is 33.8 Å². The van der Waals surface area contributed by atoms with E-state index in [1.165, 1.54) is 205 Å². The summed E-state index contributed by atoms with van der Waals surface area (Å²) in [6.45, 7) is 14.3. The molecule has 4 unspecified atom stereocenters. The molecule has 582 valence electrons. The van der Waals surface area contributed by atoms with E-state index in [2.05, 4.69) is 55.4 Å². The first-order chi connectivity index (χ1) is 47.2. The second-order valence-corrected chi connectivity index (χ2v) is 32.8. The third kappa shape index (κ3) is 69.8. The second-order valence-electron chi connectivity index (χ2n) is 29.9. The zero-order valence-electron chi connectivity index (χ0n) is 64.4. The molecule has 0 saturated heterocycles. The van der Waals surface area contributed by atoms with Crippen molar-refractivity contribution in [3.05, 3.63) is 0 Å². The number of esters is 4. The monoisotopic (exact) mass is 1440 g/mol. The third-order valence-corrected chi connectivity index (χ3v) is 20.9. The zero-order chi connectivity index (χ0) is 72.4. The van der Waals surface area contributed by atoms with Crippen LogP contribution in [0.1, 0.15) is 402 Å². The van der Waals surface area contributed by atoms with E-state index >= 15 is 0 Å². The molecule has 0 aromatic carbocycles. The van der Waals surface area contributed by atoms with Gasteiger partial charge in [-0.3, -0.25) is 37.3 Å². The number of hydrogen-bond acceptors (Lipinski definition) is 15. The molecule has 0 aliphatic heterocycles. The highest BCUT2D eigenvalue weighted by atomic mass is 31.2. The number of rotatable bonds is 76. The van der Waals surface area contributed by atoms with Gasteiger partial charge in [-0.05, 0) is 49.4 Å². The number of unbranched alkanes of at least 4 members (excludes halogenated alkanes) is 40. The Morgan fingerprint density at radius 1 is 0.286 bits per heavy atom. The Hall–Kier alpha value is -1.94. The topological polar surface area (TPSA) is 237 Å². The average Bonchev–Trinajstić information content (AvgIpc) is 1.09. The highest BCUT2D eigenvalue weighted by Gasteiger charge is 2.30. The van der Waals surface area contributed by atoms with Crippen molar-refractivity contribution >= 4 is 39.5 Å². The first-order valence-corrected chi connectivity index (χ1v) is 43.8. The second kappa shape index (κ2) is 68.2. The van der Waals surface area contributed by atoms with E-state index in [1.807, 2.05) is 0 Å². The number of carbonyl (C=O) groups excluding carboxylic acids is 4. The molecule has 0 saturated carbocycles. The Balaban J connectivity index is 5.27. The van der Waals surface area contributed by atoms with Gasteiger partial charge in [-0.1, -0.05) is 351 Å². The summed E-state index contributed by atoms with van der Waals surface area (Å²) in [6.07, 6.45) is 54.0. The van der Waals surface area contributed by atoms with Crippen molar-refractivity contribution in [1.82, 2.24) is 0 Å². The summed E-state index contributed by atoms with van der Waals surface area (Å²) in [5.41, 5.74) is 0. The van der Waals surface area contributed by atoms with Gasteiger partial charge in [-0.25, -0.2) is 9.13 Å². The molecule has 0 spiro atoms. The standard InChI is InChI=1S/C79H154O17P2/c1-9-71(7)57-49-41-33-25-19-15-11-12-16-21-27-37-45-53-61-78(83)95-74(65-89-76(81)59-51-43-35-26-20-17-13-14-18-23-31-39-47-55-69(3)4)67-93-97(85,86)91-63-73(80)64-92-98(87,88)94-68-75(96-79(84)62-54-46-38-28-22-24-32-40-48-56-70(5)6)66-90-77(82)60-52-44-36-30-29-34-42-50-58-72(8)10-2/h69-75,80H,9-68H2,1-8H3,(H,85,86)(H,87,88)/t71?,72?,73-,74-,75-/m1/s1. The van der Waals surface area contributed by atoms with Crippen molar-refractivity contribution in [3.63, 3.8) is 0 Å². The van der Waals surface area contributed by atoms with Gasteiger partial charge >= 0.3 is 39.5 Å². The van der Waals surface area contributed by atoms with Crippen molar-refractivity contribution < 1.29 is 80.2 Å². The molecule has 0 aromatic rings. The molecule has 17 nitrogen and oxygen atoms in total. The van der Waals surface area contributed by atoms with Crippen molar-refractivity contribution in [2.24, 2.45) is 23.7 Å². The first-order valence-electron chi connectivity index (χ1n) is 40.8. The maximum Gasteiger partial charge on any atom is 0.472 e. The van der Waals surface area contributed by atoms with Crippen LogP contribution >= 0.6 is 15.6 Å². The Bertz CT molecular complexity index is 1920. The van der Waals surface area contributed by atoms with Gasteiger partial charge in [0.15, 0.2) is 12.2 Å². The fraction of sp³-hybridized carbons (Fsp3) is 0.949. The zero-order valence-corrected chi connectivity index (χ0v) is 66.2. The molecule has 98 heavy (non-hydrogen) atoms. The van der Waals surface area contributed by atoms with Crippen LogP contribution in [0.3, 0.4) is 0 Å². The average molecular weight is 1440 g/mol. The van der Waals surface area contributed by atoms with Gasteiger partial charge in [0, 0.05) is 25.7 Å². The SMILES string of the molecule is CCC(C)CCCCCCCCCCCCCCCCC(=O)O[C@H](COC(=O)CCCCCCCCCCCCCCCC(C)C)COP(=O)(O)OC[C@@H](O)COP(=O)(O)OC[C@@H](COC(=O)CCCCCCCCCCC(C)CC)OC(=O)CCCCCCCCCCCC(C)C. The van der Waals surface area contributed by atoms with Crippen molar-refractivity contribution in [2.45, 2.75) is 420 Å². The molecule has 0 amide bonds. The van der Waals surface area contributed by atoms with E-state index in [0.29, 0.717) is 25.7 Å². The molecule has 3 N–H and O–H groups in total. The quantitative estimate of drug-likeness (QED) is 0.0222. The fourth-order valence-corrected chi connectivity index (χ4v) is 13.6. The maximum absolute atomic E-state index is 13.1. The Labute approximate surface area is 600 Å². The van der Waals surface area contributed by atoms with Crippen LogP contribution < -0.4 is 0 Å². The van der Waals surface area contributed by atoms with Crippen LogP contribution in [0.4, 0.5) is 0 Å². The maximum atomic E-state index is 13.1. The fourth-order valence-electron chi connectivity index (χ4n) is 12.0. The Morgan fingerprint density at radius 2 is 0.490 bits per heavy atom. The highest BCUT2D eigenvalue weighted by Crippen LogP contribution is 2.45. The summed E-state index contributed by atoms with van der Waals surface area (Å²) in [5.74, 6) is 1.03. The van der Waals surface area contributed by atoms with Crippen molar-refractivity contribution in [2.75, 3.05) is 39.6 Å². The van der Waals surface area contributed by atoms with Gasteiger partial charge in [0.25, 0.3) is 0 Å². The summed E-state index contributed by atoms with van der Waals surface area (Å²) in [6, 6.07) is 0. The molecular formula is C79H154O17P2. The largest absolute Gasteiger partial charge is 0.472 e. The van der Waals surface area contributed by atoms with Crippen LogP contribution in [0, 0.1) is 23.7 Å². The summed E-state index contributed by atoms with van der Waals surface area (Å²) >= 11 is 0. The highest BCUT2D eigenvalue weighted by molar-refractivity contribution is 7.47. The van der Waals surface area contributed by atoms with E-state index in [1.54, 1.807) is 0 Å². The van der Waals surface area contributed by atoms with E-state index in [0.717, 1.165) is 114 Å². The van der Waals surface area contributed by atoms with E-state index in [-0.39, 0.29) is 25.7 Å². The predicted molar refractivity (Wildman–Crippen MR) is 400 cm³/mol. The van der Waals surface area contributed by atoms with Crippen LogP contribution in [-0.4, -0.2) is 96.7 Å². The van der Waals surface area contributed by atoms with Crippen molar-refractivity contribution in [3.8, 4) is 0 Å². The summed E-state index contributed by atoms with van der Waals surface area (Å²) in [4.78, 5) is 73.0. The molecule has 0 aromatic heterocycles. The van der Waals surface area contributed by atoms with Crippen LogP contribution in [0.5, 0.6) is 0 Å². The van der Waals surface area contributed by atoms with E-state index in [4.69, 9.17) is 37.0 Å². The molecule has 0 heterocycles. The van der Waals surface area contributed by atoms with Gasteiger partial charge in [0.1, 0.15) is 19.3 Å². The minimum absolute atomic E-state index is 0.105. The summed E-state index contributed by atoms with van der Waals surface area (Å²) in [5, 5.41) is 10.6. The minimum Gasteiger partial charge on any atom is -0.462 e. The molecule has 0 radical (unpaired) electrons. The normalized spacial score (nSPS) is 14.6. The molecule has 7 atom stereocenters. The lowest BCUT2D eigenvalue weighted by Crippen LogP contribution is -2.30. The van der Waals surface area contributed by atoms with Crippen LogP contribution in [-0.2, 0) is 65.4 Å². The summed E-state index contributed by atoms with van der Waals surface area (Å²) in [7, 11) is -9.92. The lowest BCUT2D eigenvalue weighted by molar-refractivity contribution is -0.161. The van der Waals surface area contributed by atoms with Gasteiger partial charge in [-0.15, -0.1) is 0 Å². The number of phosphoric ester groups is 2. The molecule has 0 rings (SSSR count). The van der Waals surface area contributed by atoms with Crippen molar-refractivity contribution in [1.29, 1.82) is 0 Å². The smallest absolute Gasteiger partial charge is 0.462 e. The Kier molecular flexibility index (Phi) is 66.8. The van der Waals surface area contributed by atoms with Gasteiger partial charge in [0.2, 0.25) is 0 Å². The predicted octanol–water partition coefficient (Wildman–Crippen LogP) is 23.2. The van der Waals surface area contributed by atoms with E-state index < -0.39 is 97.5 Å². The van der Waals surface area contributed by atoms with Gasteiger partial charge in [-0.2, -0.15) is 0 Å². The van der Waals surface area contributed by atoms with Gasteiger partial charge in [0.05, 0.1) is 26.4 Å². The molecule has 19 heteroatoms.